The molecule has 5 heteroatoms. The molecular formula is C19H28O5. The lowest BCUT2D eigenvalue weighted by atomic mass is 9.81. The minimum atomic E-state index is -0.993. The summed E-state index contributed by atoms with van der Waals surface area (Å²) in [5, 5.41) is 21.1. The summed E-state index contributed by atoms with van der Waals surface area (Å²) in [6.07, 6.45) is 0.680. The Morgan fingerprint density at radius 3 is 2.75 bits per heavy atom. The van der Waals surface area contributed by atoms with E-state index in [2.05, 4.69) is 0 Å². The van der Waals surface area contributed by atoms with Crippen LogP contribution in [-0.4, -0.2) is 41.1 Å². The molecule has 1 aliphatic rings. The highest BCUT2D eigenvalue weighted by Crippen LogP contribution is 2.44. The molecule has 0 aromatic heterocycles. The average Bonchev–Trinajstić information content (AvgIpc) is 2.83. The number of esters is 1. The van der Waals surface area contributed by atoms with Crippen LogP contribution in [0.3, 0.4) is 0 Å². The van der Waals surface area contributed by atoms with Gasteiger partial charge in [-0.05, 0) is 38.2 Å². The summed E-state index contributed by atoms with van der Waals surface area (Å²) in [5.74, 6) is -0.755. The number of carbonyl (C=O) groups excluding carboxylic acids is 1. The Bertz CT molecular complexity index is 514. The van der Waals surface area contributed by atoms with Crippen LogP contribution in [0.2, 0.25) is 0 Å². The van der Waals surface area contributed by atoms with Gasteiger partial charge in [0.1, 0.15) is 0 Å². The van der Waals surface area contributed by atoms with E-state index in [9.17, 15) is 15.0 Å². The van der Waals surface area contributed by atoms with Crippen molar-refractivity contribution in [1.29, 1.82) is 0 Å². The van der Waals surface area contributed by atoms with Crippen molar-refractivity contribution >= 4 is 5.97 Å². The van der Waals surface area contributed by atoms with Gasteiger partial charge in [0.05, 0.1) is 31.5 Å². The monoisotopic (exact) mass is 336 g/mol. The van der Waals surface area contributed by atoms with Crippen molar-refractivity contribution in [3.05, 3.63) is 35.9 Å². The van der Waals surface area contributed by atoms with E-state index in [-0.39, 0.29) is 24.9 Å². The molecule has 1 aromatic rings. The molecule has 24 heavy (non-hydrogen) atoms. The summed E-state index contributed by atoms with van der Waals surface area (Å²) in [6, 6.07) is 9.73. The molecule has 0 heterocycles. The van der Waals surface area contributed by atoms with E-state index in [1.54, 1.807) is 13.8 Å². The number of aliphatic hydroxyl groups is 2. The van der Waals surface area contributed by atoms with Gasteiger partial charge in [-0.15, -0.1) is 0 Å². The van der Waals surface area contributed by atoms with Crippen LogP contribution in [0.1, 0.15) is 38.7 Å². The summed E-state index contributed by atoms with van der Waals surface area (Å²) in [4.78, 5) is 11.8. The Labute approximate surface area is 143 Å². The molecule has 2 N–H and O–H groups in total. The highest BCUT2D eigenvalue weighted by Gasteiger charge is 2.48. The van der Waals surface area contributed by atoms with Gasteiger partial charge in [0, 0.05) is 12.3 Å². The third-order valence-electron chi connectivity index (χ3n) is 4.80. The fourth-order valence-electron chi connectivity index (χ4n) is 3.70. The van der Waals surface area contributed by atoms with Crippen LogP contribution in [-0.2, 0) is 20.9 Å². The van der Waals surface area contributed by atoms with E-state index >= 15 is 0 Å². The van der Waals surface area contributed by atoms with Crippen molar-refractivity contribution in [2.24, 2.45) is 11.8 Å². The Balaban J connectivity index is 1.90. The van der Waals surface area contributed by atoms with Gasteiger partial charge in [-0.3, -0.25) is 4.79 Å². The van der Waals surface area contributed by atoms with Crippen molar-refractivity contribution in [3.63, 3.8) is 0 Å². The van der Waals surface area contributed by atoms with E-state index < -0.39 is 17.6 Å². The van der Waals surface area contributed by atoms with Gasteiger partial charge in [-0.1, -0.05) is 30.3 Å². The van der Waals surface area contributed by atoms with Crippen LogP contribution < -0.4 is 0 Å². The summed E-state index contributed by atoms with van der Waals surface area (Å²) in [5.41, 5.74) is 0.0399. The maximum atomic E-state index is 11.8. The molecule has 134 valence electrons. The van der Waals surface area contributed by atoms with Gasteiger partial charge >= 0.3 is 5.97 Å². The van der Waals surface area contributed by atoms with Crippen molar-refractivity contribution < 1.29 is 24.5 Å². The number of rotatable bonds is 8. The van der Waals surface area contributed by atoms with Gasteiger partial charge in [-0.2, -0.15) is 0 Å². The molecule has 0 spiro atoms. The lowest BCUT2D eigenvalue weighted by Gasteiger charge is -2.33. The smallest absolute Gasteiger partial charge is 0.306 e. The molecule has 1 aromatic carbocycles. The molecule has 1 aliphatic carbocycles. The van der Waals surface area contributed by atoms with Gasteiger partial charge in [0.15, 0.2) is 0 Å². The summed E-state index contributed by atoms with van der Waals surface area (Å²) >= 11 is 0. The molecule has 4 atom stereocenters. The number of hydrogen-bond acceptors (Lipinski definition) is 5. The number of carbonyl (C=O) groups is 1. The number of benzene rings is 1. The zero-order valence-corrected chi connectivity index (χ0v) is 14.5. The Kier molecular flexibility index (Phi) is 6.78. The molecule has 0 radical (unpaired) electrons. The molecule has 0 bridgehead atoms. The first-order valence-corrected chi connectivity index (χ1v) is 8.61. The first-order chi connectivity index (χ1) is 11.4. The standard InChI is InChI=1S/C19H28O5/c1-3-24-17(21)11-15-9-10-19(2,22)18(15)16(20)13-23-12-14-7-5-4-6-8-14/h4-8,15-16,18,20,22H,3,9-13H2,1-2H3/t15-,16+,18-,19+/m1/s1. The second-order valence-corrected chi connectivity index (χ2v) is 6.76. The Morgan fingerprint density at radius 1 is 1.38 bits per heavy atom. The van der Waals surface area contributed by atoms with E-state index in [0.717, 1.165) is 5.56 Å². The van der Waals surface area contributed by atoms with Crippen molar-refractivity contribution in [1.82, 2.24) is 0 Å². The van der Waals surface area contributed by atoms with Gasteiger partial charge in [0.25, 0.3) is 0 Å². The summed E-state index contributed by atoms with van der Waals surface area (Å²) < 4.78 is 10.6. The topological polar surface area (TPSA) is 76.0 Å². The fraction of sp³-hybridized carbons (Fsp3) is 0.632. The zero-order chi connectivity index (χ0) is 17.6. The van der Waals surface area contributed by atoms with Crippen LogP contribution in [0, 0.1) is 11.8 Å². The number of hydrogen-bond donors (Lipinski definition) is 2. The quantitative estimate of drug-likeness (QED) is 0.713. The zero-order valence-electron chi connectivity index (χ0n) is 14.5. The predicted molar refractivity (Wildman–Crippen MR) is 90.2 cm³/mol. The SMILES string of the molecule is CCOC(=O)C[C@H]1CC[C@](C)(O)[C@H]1[C@@H](O)COCc1ccccc1. The molecule has 1 saturated carbocycles. The highest BCUT2D eigenvalue weighted by molar-refractivity contribution is 5.69. The highest BCUT2D eigenvalue weighted by atomic mass is 16.5. The normalized spacial score (nSPS) is 27.8. The minimum Gasteiger partial charge on any atom is -0.466 e. The fourth-order valence-corrected chi connectivity index (χ4v) is 3.70. The third kappa shape index (κ3) is 5.03. The number of aliphatic hydroxyl groups excluding tert-OH is 1. The second kappa shape index (κ2) is 8.60. The number of ether oxygens (including phenoxy) is 2. The molecule has 1 fully saturated rings. The molecule has 2 rings (SSSR count). The summed E-state index contributed by atoms with van der Waals surface area (Å²) in [6.45, 7) is 4.38. The predicted octanol–water partition coefficient (Wildman–Crippen LogP) is 2.29. The first-order valence-electron chi connectivity index (χ1n) is 8.61. The van der Waals surface area contributed by atoms with Gasteiger partial charge in [-0.25, -0.2) is 0 Å². The van der Waals surface area contributed by atoms with Crippen molar-refractivity contribution in [2.75, 3.05) is 13.2 Å². The van der Waals surface area contributed by atoms with E-state index in [1.165, 1.54) is 0 Å². The molecule has 0 saturated heterocycles. The van der Waals surface area contributed by atoms with Crippen molar-refractivity contribution in [3.8, 4) is 0 Å². The maximum Gasteiger partial charge on any atom is 0.306 e. The van der Waals surface area contributed by atoms with E-state index in [0.29, 0.717) is 26.1 Å². The third-order valence-corrected chi connectivity index (χ3v) is 4.80. The van der Waals surface area contributed by atoms with Crippen LogP contribution in [0.25, 0.3) is 0 Å². The minimum absolute atomic E-state index is 0.0885. The lowest BCUT2D eigenvalue weighted by Crippen LogP contribution is -2.43. The molecule has 0 amide bonds. The molecular weight excluding hydrogens is 308 g/mol. The second-order valence-electron chi connectivity index (χ2n) is 6.76. The lowest BCUT2D eigenvalue weighted by molar-refractivity contribution is -0.146. The van der Waals surface area contributed by atoms with Gasteiger partial charge in [0.2, 0.25) is 0 Å². The van der Waals surface area contributed by atoms with E-state index in [1.807, 2.05) is 30.3 Å². The molecule has 0 aliphatic heterocycles. The van der Waals surface area contributed by atoms with Crippen LogP contribution in [0.15, 0.2) is 30.3 Å². The molecule has 5 nitrogen and oxygen atoms in total. The van der Waals surface area contributed by atoms with Gasteiger partial charge < -0.3 is 19.7 Å². The largest absolute Gasteiger partial charge is 0.466 e. The van der Waals surface area contributed by atoms with Crippen molar-refractivity contribution in [2.45, 2.75) is 51.4 Å². The van der Waals surface area contributed by atoms with E-state index in [4.69, 9.17) is 9.47 Å². The van der Waals surface area contributed by atoms with Crippen LogP contribution in [0.4, 0.5) is 0 Å². The Morgan fingerprint density at radius 2 is 2.08 bits per heavy atom. The Hall–Kier alpha value is -1.43. The molecule has 0 unspecified atom stereocenters. The first kappa shape index (κ1) is 18.9. The summed E-state index contributed by atoms with van der Waals surface area (Å²) in [7, 11) is 0. The van der Waals surface area contributed by atoms with Crippen LogP contribution >= 0.6 is 0 Å². The average molecular weight is 336 g/mol. The maximum absolute atomic E-state index is 11.8. The van der Waals surface area contributed by atoms with Crippen LogP contribution in [0.5, 0.6) is 0 Å².